The van der Waals surface area contributed by atoms with Crippen LogP contribution < -0.4 is 20.5 Å². The van der Waals surface area contributed by atoms with Gasteiger partial charge in [-0.3, -0.25) is 24.1 Å². The Bertz CT molecular complexity index is 2560. The Hall–Kier alpha value is -4.57. The number of rotatable bonds is 19. The molecule has 1 aromatic carbocycles. The first kappa shape index (κ1) is 65.6. The number of nitrogens with one attached hydrogen (secondary N) is 1. The van der Waals surface area contributed by atoms with E-state index in [0.717, 1.165) is 5.56 Å². The number of oxime groups is 1. The van der Waals surface area contributed by atoms with Crippen LogP contribution in [0.3, 0.4) is 0 Å². The van der Waals surface area contributed by atoms with Crippen molar-refractivity contribution in [3.05, 3.63) is 39.7 Å². The van der Waals surface area contributed by atoms with E-state index in [1.165, 1.54) is 27.3 Å². The summed E-state index contributed by atoms with van der Waals surface area (Å²) in [5, 5.41) is 68.1. The molecule has 0 spiro atoms. The minimum Gasteiger partial charge on any atom is -0.477 e. The molecule has 24 nitrogen and oxygen atoms in total. The molecular weight excluding hydrogens is 1060 g/mol. The van der Waals surface area contributed by atoms with Gasteiger partial charge in [-0.15, -0.1) is 0 Å². The molecule has 3 fully saturated rings. The van der Waals surface area contributed by atoms with Gasteiger partial charge in [0.25, 0.3) is 0 Å². The van der Waals surface area contributed by atoms with Crippen LogP contribution in [0.25, 0.3) is 10.9 Å². The largest absolute Gasteiger partial charge is 0.477 e. The average molecular weight is 1150 g/mol. The monoisotopic (exact) mass is 1150 g/mol. The lowest BCUT2D eigenvalue weighted by atomic mass is 9.73. The van der Waals surface area contributed by atoms with E-state index >= 15 is 0 Å². The lowest BCUT2D eigenvalue weighted by molar-refractivity contribution is -0.318. The third-order valence-corrected chi connectivity index (χ3v) is 16.8. The minimum absolute atomic E-state index is 0.00180. The standard InChI is InChI=1S/C57H91N5O19/c1-16-41-57(10,71)49(66)32(4)44(59-75-29-72-14)30(2)25-55(8,70)50(81-54-47(65)39(60(11)12)22-31(3)76-54)33(5)48(34(6)53(69)78-41)80-43-26-56(9,73-15)51(35(7)77-43)79-42(63)19-21-58-20-17-18-36-23-37-45-40(24-36)74-28-61(13)62(45)27-38(46(37)64)52(67)68/h23-24,27,30-35,39,41,43,47-51,54,58,65-66,70-71H,16-22,25-26,28-29H2,1-15H3,(H,67,68)/t30-,31-,32?,33+,34-,35+,39+,41-,43+,47-,48+,49-,50-,51+,54+,55-,56-,57-/m1/s1. The number of likely N-dealkylation sites (N-methyl/N-ethyl adjacent to an activating group) is 1. The van der Waals surface area contributed by atoms with E-state index in [9.17, 15) is 44.7 Å². The van der Waals surface area contributed by atoms with Crippen LogP contribution in [0.2, 0.25) is 0 Å². The third-order valence-electron chi connectivity index (χ3n) is 16.8. The summed E-state index contributed by atoms with van der Waals surface area (Å²) in [4.78, 5) is 60.7. The smallest absolute Gasteiger partial charge is 0.341 e. The summed E-state index contributed by atoms with van der Waals surface area (Å²) in [6.07, 6.45) is -7.81. The van der Waals surface area contributed by atoms with Gasteiger partial charge in [0.05, 0.1) is 59.6 Å². The van der Waals surface area contributed by atoms with Gasteiger partial charge in [0, 0.05) is 64.2 Å². The van der Waals surface area contributed by atoms with Gasteiger partial charge in [0.1, 0.15) is 40.2 Å². The number of ether oxygens (including phenoxy) is 9. The van der Waals surface area contributed by atoms with Crippen molar-refractivity contribution < 1.29 is 87.4 Å². The minimum atomic E-state index is -2.01. The molecule has 81 heavy (non-hydrogen) atoms. The second kappa shape index (κ2) is 27.4. The number of pyridine rings is 1. The predicted molar refractivity (Wildman–Crippen MR) is 296 cm³/mol. The first-order valence-corrected chi connectivity index (χ1v) is 28.2. The number of aromatic nitrogens is 1. The van der Waals surface area contributed by atoms with E-state index in [0.29, 0.717) is 37.1 Å². The SMILES string of the molecule is CC[C@H]1OC(=O)[C@H](C)[C@@H](O[C@H]2C[C@@](C)(OC)[C@@H](OC(=O)CCNCCCc3cc4c5c(c3)c(=O)c(C(=O)O)cn5N(C)CO4)[C@H](C)O2)[C@H](C)[C@@H](O[C@@H]2O[C@H](C)C[C@H](N(C)C)[C@H]2O)[C@](C)(O)C[C@@H](C)C(=NOCOC)C(C)[C@@H](O)[C@]1(C)O. The number of carboxylic acid groups (broad SMARTS) is 1. The van der Waals surface area contributed by atoms with E-state index in [-0.39, 0.29) is 74.6 Å². The highest BCUT2D eigenvalue weighted by molar-refractivity contribution is 5.95. The number of methoxy groups -OCH3 is 2. The van der Waals surface area contributed by atoms with E-state index in [1.807, 2.05) is 32.0 Å². The first-order chi connectivity index (χ1) is 38.0. The molecule has 18 atom stereocenters. The lowest BCUT2D eigenvalue weighted by Crippen LogP contribution is -2.61. The van der Waals surface area contributed by atoms with E-state index in [2.05, 4.69) is 10.5 Å². The molecule has 0 saturated carbocycles. The number of benzene rings is 1. The summed E-state index contributed by atoms with van der Waals surface area (Å²) in [5.41, 5.74) is -4.40. The number of hydrogen-bond donors (Lipinski definition) is 6. The maximum atomic E-state index is 14.7. The van der Waals surface area contributed by atoms with Crippen molar-refractivity contribution in [3.63, 3.8) is 0 Å². The van der Waals surface area contributed by atoms with Gasteiger partial charge in [-0.2, -0.15) is 0 Å². The topological polar surface area (TPSA) is 298 Å². The van der Waals surface area contributed by atoms with Gasteiger partial charge in [-0.05, 0) is 112 Å². The second-order valence-electron chi connectivity index (χ2n) is 23.6. The zero-order chi connectivity index (χ0) is 60.1. The number of carbonyl (C=O) groups excluding carboxylic acids is 2. The molecule has 2 aromatic rings. The summed E-state index contributed by atoms with van der Waals surface area (Å²) < 4.78 is 57.5. The second-order valence-corrected chi connectivity index (χ2v) is 23.6. The van der Waals surface area contributed by atoms with Crippen LogP contribution in [-0.2, 0) is 58.7 Å². The van der Waals surface area contributed by atoms with Gasteiger partial charge < -0.3 is 83.2 Å². The van der Waals surface area contributed by atoms with Gasteiger partial charge in [-0.1, -0.05) is 32.9 Å². The van der Waals surface area contributed by atoms with Gasteiger partial charge in [0.2, 0.25) is 12.2 Å². The fourth-order valence-electron chi connectivity index (χ4n) is 12.3. The first-order valence-electron chi connectivity index (χ1n) is 28.2. The van der Waals surface area contributed by atoms with Crippen LogP contribution in [0.5, 0.6) is 5.75 Å². The van der Waals surface area contributed by atoms with Crippen molar-refractivity contribution in [2.24, 2.45) is 28.8 Å². The Morgan fingerprint density at radius 3 is 2.30 bits per heavy atom. The van der Waals surface area contributed by atoms with Crippen molar-refractivity contribution in [2.45, 2.75) is 198 Å². The summed E-state index contributed by atoms with van der Waals surface area (Å²) in [6, 6.07) is 3.17. The predicted octanol–water partition coefficient (Wildman–Crippen LogP) is 3.29. The summed E-state index contributed by atoms with van der Waals surface area (Å²) in [7, 11) is 8.34. The molecule has 4 aliphatic rings. The summed E-state index contributed by atoms with van der Waals surface area (Å²) in [6.45, 7) is 17.6. The Balaban J connectivity index is 1.20. The molecule has 5 heterocycles. The Kier molecular flexibility index (Phi) is 22.2. The molecule has 4 aliphatic heterocycles. The maximum absolute atomic E-state index is 14.7. The van der Waals surface area contributed by atoms with Crippen LogP contribution in [-0.4, -0.2) is 205 Å². The molecule has 0 radical (unpaired) electrons. The van der Waals surface area contributed by atoms with E-state index in [1.54, 1.807) is 78.2 Å². The van der Waals surface area contributed by atoms with Crippen molar-refractivity contribution in [1.82, 2.24) is 14.9 Å². The highest BCUT2D eigenvalue weighted by Crippen LogP contribution is 2.42. The normalized spacial score (nSPS) is 36.7. The molecule has 6 rings (SSSR count). The number of cyclic esters (lactones) is 1. The van der Waals surface area contributed by atoms with Gasteiger partial charge in [-0.25, -0.2) is 4.79 Å². The van der Waals surface area contributed by atoms with E-state index in [4.69, 9.17) is 47.5 Å². The highest BCUT2D eigenvalue weighted by atomic mass is 16.7. The zero-order valence-electron chi connectivity index (χ0n) is 49.9. The van der Waals surface area contributed by atoms with Gasteiger partial charge in [0.15, 0.2) is 25.4 Å². The van der Waals surface area contributed by atoms with Crippen molar-refractivity contribution >= 4 is 34.5 Å². The van der Waals surface area contributed by atoms with Crippen LogP contribution >= 0.6 is 0 Å². The fourth-order valence-corrected chi connectivity index (χ4v) is 12.3. The number of nitrogens with zero attached hydrogens (tertiary/aromatic N) is 4. The number of aromatic carboxylic acids is 1. The maximum Gasteiger partial charge on any atom is 0.341 e. The summed E-state index contributed by atoms with van der Waals surface area (Å²) >= 11 is 0. The molecule has 0 aliphatic carbocycles. The zero-order valence-corrected chi connectivity index (χ0v) is 49.9. The molecule has 1 aromatic heterocycles. The number of carbonyl (C=O) groups is 3. The number of hydrogen-bond acceptors (Lipinski definition) is 22. The molecule has 0 bridgehead atoms. The molecule has 6 N–H and O–H groups in total. The number of aryl methyl sites for hydroxylation is 1. The number of aliphatic hydroxyl groups excluding tert-OH is 2. The quantitative estimate of drug-likeness (QED) is 0.0509. The molecule has 1 unspecified atom stereocenters. The Morgan fingerprint density at radius 1 is 0.951 bits per heavy atom. The van der Waals surface area contributed by atoms with Gasteiger partial charge >= 0.3 is 17.9 Å². The van der Waals surface area contributed by atoms with Crippen molar-refractivity contribution in [1.29, 1.82) is 0 Å². The highest BCUT2D eigenvalue weighted by Gasteiger charge is 2.54. The average Bonchev–Trinajstić information content (AvgIpc) is 3.57. The van der Waals surface area contributed by atoms with Crippen LogP contribution in [0.15, 0.2) is 28.3 Å². The van der Waals surface area contributed by atoms with Crippen molar-refractivity contribution in [3.8, 4) is 5.75 Å². The Morgan fingerprint density at radius 2 is 1.65 bits per heavy atom. The Labute approximate surface area is 475 Å². The number of carboxylic acids is 1. The molecule has 3 saturated heterocycles. The third kappa shape index (κ3) is 14.9. The molecule has 24 heteroatoms. The van der Waals surface area contributed by atoms with Crippen LogP contribution in [0.4, 0.5) is 0 Å². The lowest BCUT2D eigenvalue weighted by Gasteiger charge is -2.49. The number of aliphatic hydroxyl groups is 4. The molecular formula is C57H91N5O19. The number of esters is 2. The van der Waals surface area contributed by atoms with E-state index < -0.39 is 119 Å². The van der Waals surface area contributed by atoms with Crippen molar-refractivity contribution in [2.75, 3.05) is 67.0 Å². The fraction of sp³-hybridized carbons (Fsp3) is 0.772. The van der Waals surface area contributed by atoms with Crippen LogP contribution in [0.1, 0.15) is 124 Å². The van der Waals surface area contributed by atoms with Crippen LogP contribution in [0, 0.1) is 23.7 Å². The molecule has 0 amide bonds. The molecule has 458 valence electrons. The summed E-state index contributed by atoms with van der Waals surface area (Å²) in [5.74, 6) is -5.76.